The Morgan fingerprint density at radius 2 is 1.07 bits per heavy atom. The smallest absolute Gasteiger partial charge is 0.462 e. The summed E-state index contributed by atoms with van der Waals surface area (Å²) in [6.07, 6.45) is 33.2. The molecule has 0 saturated carbocycles. The summed E-state index contributed by atoms with van der Waals surface area (Å²) in [6.45, 7) is 3.57. The fourth-order valence-electron chi connectivity index (χ4n) is 4.39. The zero-order valence-corrected chi connectivity index (χ0v) is 28.0. The number of ether oxygens (including phenoxy) is 2. The molecule has 0 aliphatic carbocycles. The predicted molar refractivity (Wildman–Crippen MR) is 175 cm³/mol. The van der Waals surface area contributed by atoms with Crippen LogP contribution >= 0.6 is 7.82 Å². The molecule has 0 amide bonds. The summed E-state index contributed by atoms with van der Waals surface area (Å²) in [7, 11) is -4.75. The summed E-state index contributed by atoms with van der Waals surface area (Å²) < 4.78 is 26.1. The quantitative estimate of drug-likeness (QED) is 0.0349. The van der Waals surface area contributed by atoms with E-state index in [1.807, 2.05) is 6.08 Å². The van der Waals surface area contributed by atoms with Crippen LogP contribution in [0.4, 0.5) is 0 Å². The molecule has 0 aliphatic heterocycles. The third-order valence-electron chi connectivity index (χ3n) is 6.91. The molecule has 0 rings (SSSR count). The average molecular weight is 629 g/mol. The molecule has 8 nitrogen and oxygen atoms in total. The van der Waals surface area contributed by atoms with Crippen LogP contribution in [0.2, 0.25) is 0 Å². The van der Waals surface area contributed by atoms with Gasteiger partial charge in [0.15, 0.2) is 6.10 Å². The lowest BCUT2D eigenvalue weighted by Gasteiger charge is -2.18. The molecule has 9 heteroatoms. The van der Waals surface area contributed by atoms with E-state index in [0.717, 1.165) is 44.9 Å². The molecular formula is C34H61O8P. The number of unbranched alkanes of at least 4 members (excludes halogenated alkanes) is 14. The number of esters is 2. The zero-order chi connectivity index (χ0) is 31.9. The molecule has 43 heavy (non-hydrogen) atoms. The maximum Gasteiger partial charge on any atom is 0.469 e. The van der Waals surface area contributed by atoms with Crippen LogP contribution in [0.25, 0.3) is 0 Å². The molecule has 0 bridgehead atoms. The number of hydrogen-bond acceptors (Lipinski definition) is 6. The Kier molecular flexibility index (Phi) is 29.1. The van der Waals surface area contributed by atoms with Gasteiger partial charge in [0, 0.05) is 12.8 Å². The van der Waals surface area contributed by atoms with Crippen LogP contribution in [-0.2, 0) is 28.2 Å². The molecule has 0 aromatic carbocycles. The third-order valence-corrected chi connectivity index (χ3v) is 7.40. The highest BCUT2D eigenvalue weighted by Gasteiger charge is 2.22. The lowest BCUT2D eigenvalue weighted by molar-refractivity contribution is -0.161. The van der Waals surface area contributed by atoms with Gasteiger partial charge >= 0.3 is 19.8 Å². The highest BCUT2D eigenvalue weighted by molar-refractivity contribution is 7.46. The molecule has 0 aliphatic rings. The number of phosphoric acid groups is 1. The highest BCUT2D eigenvalue weighted by atomic mass is 31.2. The SMILES string of the molecule is CCCCCCCC/C=C/C/C=C/C/C=C/CCCC(=O)O[C@H](COC(=O)CCCCCCCCCC)COP(=O)(O)O. The van der Waals surface area contributed by atoms with Crippen LogP contribution in [0, 0.1) is 0 Å². The normalized spacial score (nSPS) is 12.9. The van der Waals surface area contributed by atoms with Crippen molar-refractivity contribution in [3.63, 3.8) is 0 Å². The zero-order valence-electron chi connectivity index (χ0n) is 27.1. The van der Waals surface area contributed by atoms with Crippen molar-refractivity contribution < 1.29 is 37.9 Å². The molecule has 0 aromatic heterocycles. The van der Waals surface area contributed by atoms with Gasteiger partial charge in [0.05, 0.1) is 6.61 Å². The molecule has 0 aromatic rings. The van der Waals surface area contributed by atoms with E-state index in [9.17, 15) is 14.2 Å². The van der Waals surface area contributed by atoms with Gasteiger partial charge in [0.2, 0.25) is 0 Å². The highest BCUT2D eigenvalue weighted by Crippen LogP contribution is 2.35. The minimum absolute atomic E-state index is 0.141. The summed E-state index contributed by atoms with van der Waals surface area (Å²) in [4.78, 5) is 42.4. The van der Waals surface area contributed by atoms with E-state index in [0.29, 0.717) is 12.8 Å². The first-order valence-electron chi connectivity index (χ1n) is 16.8. The Bertz CT molecular complexity index is 802. The largest absolute Gasteiger partial charge is 0.469 e. The topological polar surface area (TPSA) is 119 Å². The summed E-state index contributed by atoms with van der Waals surface area (Å²) >= 11 is 0. The van der Waals surface area contributed by atoms with Crippen molar-refractivity contribution in [2.75, 3.05) is 13.2 Å². The minimum atomic E-state index is -4.75. The fraction of sp³-hybridized carbons (Fsp3) is 0.765. The second-order valence-electron chi connectivity index (χ2n) is 11.1. The molecule has 2 N–H and O–H groups in total. The van der Waals surface area contributed by atoms with Gasteiger partial charge in [-0.15, -0.1) is 0 Å². The Labute approximate surface area is 262 Å². The van der Waals surface area contributed by atoms with Crippen molar-refractivity contribution in [1.82, 2.24) is 0 Å². The lowest BCUT2D eigenvalue weighted by atomic mass is 10.1. The van der Waals surface area contributed by atoms with Crippen LogP contribution in [0.5, 0.6) is 0 Å². The number of hydrogen-bond donors (Lipinski definition) is 2. The van der Waals surface area contributed by atoms with Crippen LogP contribution < -0.4 is 0 Å². The predicted octanol–water partition coefficient (Wildman–Crippen LogP) is 9.45. The van der Waals surface area contributed by atoms with Gasteiger partial charge in [-0.2, -0.15) is 0 Å². The van der Waals surface area contributed by atoms with E-state index in [-0.39, 0.29) is 19.4 Å². The van der Waals surface area contributed by atoms with E-state index >= 15 is 0 Å². The van der Waals surface area contributed by atoms with Gasteiger partial charge < -0.3 is 19.3 Å². The molecule has 1 atom stereocenters. The summed E-state index contributed by atoms with van der Waals surface area (Å²) in [5, 5.41) is 0. The van der Waals surface area contributed by atoms with Gasteiger partial charge in [-0.25, -0.2) is 4.57 Å². The molecule has 0 radical (unpaired) electrons. The van der Waals surface area contributed by atoms with E-state index < -0.39 is 32.5 Å². The molecule has 0 fully saturated rings. The van der Waals surface area contributed by atoms with Crippen molar-refractivity contribution in [3.05, 3.63) is 36.5 Å². The molecule has 0 heterocycles. The van der Waals surface area contributed by atoms with E-state index in [1.165, 1.54) is 64.2 Å². The summed E-state index contributed by atoms with van der Waals surface area (Å²) in [5.41, 5.74) is 0. The number of phosphoric ester groups is 1. The lowest BCUT2D eigenvalue weighted by Crippen LogP contribution is -2.29. The van der Waals surface area contributed by atoms with E-state index in [4.69, 9.17) is 19.3 Å². The first kappa shape index (κ1) is 41.3. The van der Waals surface area contributed by atoms with Gasteiger partial charge in [-0.3, -0.25) is 14.1 Å². The van der Waals surface area contributed by atoms with Crippen LogP contribution in [0.3, 0.4) is 0 Å². The van der Waals surface area contributed by atoms with Gasteiger partial charge in [0.25, 0.3) is 0 Å². The standard InChI is InChI=1S/C34H61O8P/c1-3-5-7-9-11-13-14-15-16-17-18-19-20-21-23-25-27-29-34(36)42-32(31-41-43(37,38)39)30-40-33(35)28-26-24-22-12-10-8-6-4-2/h15-16,18-19,21,23,32H,3-14,17,20,22,24-31H2,1-2H3,(H2,37,38,39)/b16-15+,19-18+,23-21+/t32-/m1/s1. The Hall–Kier alpha value is -1.73. The first-order chi connectivity index (χ1) is 20.8. The van der Waals surface area contributed by atoms with Crippen molar-refractivity contribution in [3.8, 4) is 0 Å². The Morgan fingerprint density at radius 1 is 0.605 bits per heavy atom. The van der Waals surface area contributed by atoms with E-state index in [2.05, 4.69) is 48.8 Å². The fourth-order valence-corrected chi connectivity index (χ4v) is 4.75. The Morgan fingerprint density at radius 3 is 1.63 bits per heavy atom. The molecule has 0 unspecified atom stereocenters. The van der Waals surface area contributed by atoms with Crippen molar-refractivity contribution in [1.29, 1.82) is 0 Å². The van der Waals surface area contributed by atoms with Crippen LogP contribution in [0.15, 0.2) is 36.5 Å². The van der Waals surface area contributed by atoms with Crippen molar-refractivity contribution in [2.24, 2.45) is 0 Å². The third kappa shape index (κ3) is 33.0. The van der Waals surface area contributed by atoms with Gasteiger partial charge in [-0.1, -0.05) is 127 Å². The summed E-state index contributed by atoms with van der Waals surface area (Å²) in [6, 6.07) is 0. The number of carbonyl (C=O) groups is 2. The van der Waals surface area contributed by atoms with E-state index in [1.54, 1.807) is 0 Å². The second kappa shape index (κ2) is 30.3. The van der Waals surface area contributed by atoms with Crippen LogP contribution in [0.1, 0.15) is 149 Å². The maximum atomic E-state index is 12.3. The molecular weight excluding hydrogens is 567 g/mol. The monoisotopic (exact) mass is 628 g/mol. The second-order valence-corrected chi connectivity index (χ2v) is 12.4. The Balaban J connectivity index is 4.10. The molecule has 0 saturated heterocycles. The van der Waals surface area contributed by atoms with Crippen LogP contribution in [-0.4, -0.2) is 41.0 Å². The van der Waals surface area contributed by atoms with Crippen molar-refractivity contribution >= 4 is 19.8 Å². The number of carbonyl (C=O) groups excluding carboxylic acids is 2. The van der Waals surface area contributed by atoms with Gasteiger partial charge in [-0.05, 0) is 44.9 Å². The van der Waals surface area contributed by atoms with Gasteiger partial charge in [0.1, 0.15) is 6.61 Å². The first-order valence-corrected chi connectivity index (χ1v) is 18.3. The summed E-state index contributed by atoms with van der Waals surface area (Å²) in [5.74, 6) is -0.953. The van der Waals surface area contributed by atoms with Crippen molar-refractivity contribution in [2.45, 2.75) is 155 Å². The maximum absolute atomic E-state index is 12.3. The average Bonchev–Trinajstić information content (AvgIpc) is 2.97. The minimum Gasteiger partial charge on any atom is -0.462 e. The number of allylic oxidation sites excluding steroid dienone is 6. The number of rotatable bonds is 30. The molecule has 250 valence electrons. The molecule has 0 spiro atoms.